The van der Waals surface area contributed by atoms with Gasteiger partial charge in [0, 0.05) is 31.7 Å². The highest BCUT2D eigenvalue weighted by atomic mass is 35.5. The summed E-state index contributed by atoms with van der Waals surface area (Å²) in [5.74, 6) is -0.328. The van der Waals surface area contributed by atoms with Crippen molar-refractivity contribution >= 4 is 40.9 Å². The van der Waals surface area contributed by atoms with Crippen molar-refractivity contribution in [3.05, 3.63) is 45.4 Å². The van der Waals surface area contributed by atoms with Crippen molar-refractivity contribution < 1.29 is 18.0 Å². The Labute approximate surface area is 191 Å². The van der Waals surface area contributed by atoms with Crippen LogP contribution in [-0.2, 0) is 11.0 Å². The maximum absolute atomic E-state index is 13.7. The van der Waals surface area contributed by atoms with Crippen LogP contribution in [0.1, 0.15) is 11.1 Å². The van der Waals surface area contributed by atoms with E-state index in [2.05, 4.69) is 9.88 Å². The lowest BCUT2D eigenvalue weighted by atomic mass is 10.1. The molecule has 0 radical (unpaired) electrons. The summed E-state index contributed by atoms with van der Waals surface area (Å²) in [5, 5.41) is 9.67. The minimum absolute atomic E-state index is 0.0144. The van der Waals surface area contributed by atoms with E-state index >= 15 is 0 Å². The van der Waals surface area contributed by atoms with Crippen molar-refractivity contribution in [2.75, 3.05) is 39.0 Å². The molecule has 1 fully saturated rings. The van der Waals surface area contributed by atoms with Gasteiger partial charge in [0.15, 0.2) is 0 Å². The molecule has 0 N–H and O–H groups in total. The number of carbonyl (C=O) groups excluding carboxylic acids is 1. The number of nitrogens with zero attached hydrogens (tertiary/aromatic N) is 4. The summed E-state index contributed by atoms with van der Waals surface area (Å²) in [5.41, 5.74) is -1.41. The minimum atomic E-state index is -4.77. The third kappa shape index (κ3) is 5.63. The monoisotopic (exact) mass is 488 g/mol. The van der Waals surface area contributed by atoms with Crippen LogP contribution in [0.3, 0.4) is 0 Å². The fourth-order valence-electron chi connectivity index (χ4n) is 3.04. The Morgan fingerprint density at radius 2 is 1.87 bits per heavy atom. The molecule has 1 aliphatic rings. The molecule has 1 saturated heterocycles. The van der Waals surface area contributed by atoms with E-state index in [-0.39, 0.29) is 32.4 Å². The van der Waals surface area contributed by atoms with Gasteiger partial charge in [-0.1, -0.05) is 41.0 Å². The van der Waals surface area contributed by atoms with Crippen molar-refractivity contribution in [2.24, 2.45) is 0 Å². The quantitative estimate of drug-likeness (QED) is 0.577. The Balaban J connectivity index is 1.95. The molecule has 0 spiro atoms. The number of alkyl halides is 3. The molecule has 0 bridgehead atoms. The van der Waals surface area contributed by atoms with Crippen LogP contribution in [0.4, 0.5) is 13.2 Å². The highest BCUT2D eigenvalue weighted by molar-refractivity contribution is 8.00. The van der Waals surface area contributed by atoms with Gasteiger partial charge in [-0.15, -0.1) is 0 Å². The first kappa shape index (κ1) is 23.7. The van der Waals surface area contributed by atoms with Gasteiger partial charge in [0.2, 0.25) is 5.91 Å². The van der Waals surface area contributed by atoms with Gasteiger partial charge in [-0.2, -0.15) is 18.4 Å². The van der Waals surface area contributed by atoms with Gasteiger partial charge in [-0.3, -0.25) is 4.79 Å². The lowest BCUT2D eigenvalue weighted by Gasteiger charge is -2.32. The molecule has 2 aromatic rings. The van der Waals surface area contributed by atoms with Crippen molar-refractivity contribution in [2.45, 2.75) is 11.2 Å². The van der Waals surface area contributed by atoms with Gasteiger partial charge in [0.1, 0.15) is 11.1 Å². The zero-order valence-corrected chi connectivity index (χ0v) is 18.7. The molecule has 1 aliphatic heterocycles. The van der Waals surface area contributed by atoms with Crippen LogP contribution in [0, 0.1) is 11.3 Å². The molecule has 0 aliphatic carbocycles. The maximum atomic E-state index is 13.7. The number of hydrogen-bond acceptors (Lipinski definition) is 5. The fourth-order valence-corrected chi connectivity index (χ4v) is 4.24. The highest BCUT2D eigenvalue weighted by Gasteiger charge is 2.36. The molecular formula is C20H17Cl2F3N4OS. The summed E-state index contributed by atoms with van der Waals surface area (Å²) in [4.78, 5) is 20.5. The van der Waals surface area contributed by atoms with Crippen LogP contribution in [-0.4, -0.2) is 59.7 Å². The first-order chi connectivity index (χ1) is 14.6. The molecule has 1 aromatic carbocycles. The first-order valence-electron chi connectivity index (χ1n) is 9.17. The molecule has 2 heterocycles. The summed E-state index contributed by atoms with van der Waals surface area (Å²) < 4.78 is 41.0. The Morgan fingerprint density at radius 1 is 1.19 bits per heavy atom. The standard InChI is InChI=1S/C20H17Cl2F3N4OS/c1-28-4-6-29(7-5-28)18(30)11-31-19-13(10-26)14(20(23,24)25)9-17(27-19)12-2-3-15(21)16(22)8-12/h2-3,8-9H,4-7,11H2,1H3. The van der Waals surface area contributed by atoms with E-state index in [1.807, 2.05) is 7.05 Å². The van der Waals surface area contributed by atoms with E-state index in [4.69, 9.17) is 23.2 Å². The van der Waals surface area contributed by atoms with Crippen LogP contribution >= 0.6 is 35.0 Å². The number of pyridine rings is 1. The smallest absolute Gasteiger partial charge is 0.339 e. The molecule has 0 atom stereocenters. The molecule has 1 aromatic heterocycles. The van der Waals surface area contributed by atoms with Gasteiger partial charge in [-0.25, -0.2) is 4.98 Å². The van der Waals surface area contributed by atoms with E-state index < -0.39 is 17.3 Å². The van der Waals surface area contributed by atoms with Crippen molar-refractivity contribution in [1.29, 1.82) is 5.26 Å². The minimum Gasteiger partial charge on any atom is -0.339 e. The van der Waals surface area contributed by atoms with Crippen LogP contribution in [0.2, 0.25) is 10.0 Å². The summed E-state index contributed by atoms with van der Waals surface area (Å²) in [7, 11) is 1.95. The van der Waals surface area contributed by atoms with Crippen LogP contribution in [0.15, 0.2) is 29.3 Å². The molecule has 5 nitrogen and oxygen atoms in total. The number of benzene rings is 1. The average molecular weight is 489 g/mol. The summed E-state index contributed by atoms with van der Waals surface area (Å²) >= 11 is 12.7. The van der Waals surface area contributed by atoms with E-state index in [9.17, 15) is 23.2 Å². The molecule has 0 saturated carbocycles. The number of amides is 1. The number of hydrogen-bond donors (Lipinski definition) is 0. The number of nitriles is 1. The number of halogens is 5. The van der Waals surface area contributed by atoms with E-state index in [0.29, 0.717) is 18.7 Å². The van der Waals surface area contributed by atoms with Crippen LogP contribution in [0.5, 0.6) is 0 Å². The van der Waals surface area contributed by atoms with Crippen LogP contribution in [0.25, 0.3) is 11.3 Å². The Hall–Kier alpha value is -1.99. The van der Waals surface area contributed by atoms with E-state index in [0.717, 1.165) is 30.9 Å². The number of thioether (sulfide) groups is 1. The molecule has 164 valence electrons. The number of aromatic nitrogens is 1. The number of piperazine rings is 1. The molecular weight excluding hydrogens is 472 g/mol. The predicted molar refractivity (Wildman–Crippen MR) is 114 cm³/mol. The van der Waals surface area contributed by atoms with Crippen LogP contribution < -0.4 is 0 Å². The van der Waals surface area contributed by atoms with Crippen molar-refractivity contribution in [3.8, 4) is 17.3 Å². The zero-order chi connectivity index (χ0) is 22.8. The molecule has 0 unspecified atom stereocenters. The Bertz CT molecular complexity index is 1030. The topological polar surface area (TPSA) is 60.2 Å². The summed E-state index contributed by atoms with van der Waals surface area (Å²) in [6.45, 7) is 2.54. The Morgan fingerprint density at radius 3 is 2.45 bits per heavy atom. The SMILES string of the molecule is CN1CCN(C(=O)CSc2nc(-c3ccc(Cl)c(Cl)c3)cc(C(F)(F)F)c2C#N)CC1. The molecule has 1 amide bonds. The van der Waals surface area contributed by atoms with Crippen molar-refractivity contribution in [1.82, 2.24) is 14.8 Å². The maximum Gasteiger partial charge on any atom is 0.417 e. The number of carbonyl (C=O) groups is 1. The zero-order valence-electron chi connectivity index (χ0n) is 16.3. The molecule has 31 heavy (non-hydrogen) atoms. The fraction of sp³-hybridized carbons (Fsp3) is 0.350. The third-order valence-electron chi connectivity index (χ3n) is 4.81. The third-order valence-corrected chi connectivity index (χ3v) is 6.51. The van der Waals surface area contributed by atoms with Gasteiger partial charge >= 0.3 is 6.18 Å². The predicted octanol–water partition coefficient (Wildman–Crippen LogP) is 4.81. The normalized spacial score (nSPS) is 15.1. The largest absolute Gasteiger partial charge is 0.417 e. The van der Waals surface area contributed by atoms with Gasteiger partial charge in [0.05, 0.1) is 32.6 Å². The molecule has 3 rings (SSSR count). The van der Waals surface area contributed by atoms with Gasteiger partial charge in [-0.05, 0) is 25.2 Å². The second-order valence-corrected chi connectivity index (χ2v) is 8.72. The van der Waals surface area contributed by atoms with E-state index in [1.54, 1.807) is 11.0 Å². The van der Waals surface area contributed by atoms with Gasteiger partial charge < -0.3 is 9.80 Å². The lowest BCUT2D eigenvalue weighted by molar-refractivity contribution is -0.138. The van der Waals surface area contributed by atoms with Crippen molar-refractivity contribution in [3.63, 3.8) is 0 Å². The Kier molecular flexibility index (Phi) is 7.37. The van der Waals surface area contributed by atoms with Gasteiger partial charge in [0.25, 0.3) is 0 Å². The second kappa shape index (κ2) is 9.65. The number of rotatable bonds is 4. The average Bonchev–Trinajstić information content (AvgIpc) is 2.73. The number of likely N-dealkylation sites (N-methyl/N-ethyl adjacent to an activating group) is 1. The lowest BCUT2D eigenvalue weighted by Crippen LogP contribution is -2.47. The summed E-state index contributed by atoms with van der Waals surface area (Å²) in [6, 6.07) is 6.76. The first-order valence-corrected chi connectivity index (χ1v) is 10.9. The summed E-state index contributed by atoms with van der Waals surface area (Å²) in [6.07, 6.45) is -4.77. The second-order valence-electron chi connectivity index (χ2n) is 6.95. The molecule has 11 heteroatoms. The van der Waals surface area contributed by atoms with E-state index in [1.165, 1.54) is 18.2 Å². The highest BCUT2D eigenvalue weighted by Crippen LogP contribution is 2.38.